The highest BCUT2D eigenvalue weighted by atomic mass is 19.1. The molecule has 0 radical (unpaired) electrons. The smallest absolute Gasteiger partial charge is 0.146 e. The van der Waals surface area contributed by atoms with E-state index in [0.29, 0.717) is 12.4 Å². The predicted molar refractivity (Wildman–Crippen MR) is 76.2 cm³/mol. The summed E-state index contributed by atoms with van der Waals surface area (Å²) in [7, 11) is 0. The summed E-state index contributed by atoms with van der Waals surface area (Å²) in [5.74, 6) is 1.03. The molecule has 1 aromatic carbocycles. The van der Waals surface area contributed by atoms with Gasteiger partial charge in [-0.3, -0.25) is 0 Å². The number of hydrogen-bond donors (Lipinski definition) is 1. The molecule has 20 heavy (non-hydrogen) atoms. The van der Waals surface area contributed by atoms with Crippen LogP contribution < -0.4 is 10.1 Å². The second-order valence-corrected chi connectivity index (χ2v) is 4.74. The van der Waals surface area contributed by atoms with Gasteiger partial charge >= 0.3 is 0 Å². The minimum absolute atomic E-state index is 0.296. The number of aryl methyl sites for hydroxylation is 1. The van der Waals surface area contributed by atoms with E-state index in [9.17, 15) is 4.39 Å². The lowest BCUT2D eigenvalue weighted by Crippen LogP contribution is -2.14. The quantitative estimate of drug-likeness (QED) is 0.782. The van der Waals surface area contributed by atoms with Gasteiger partial charge in [0.25, 0.3) is 0 Å². The van der Waals surface area contributed by atoms with Gasteiger partial charge in [0, 0.05) is 18.2 Å². The summed E-state index contributed by atoms with van der Waals surface area (Å²) in [6.07, 6.45) is 2.74. The maximum atomic E-state index is 13.2. The van der Waals surface area contributed by atoms with E-state index in [1.165, 1.54) is 12.1 Å². The average molecular weight is 277 g/mol. The van der Waals surface area contributed by atoms with Gasteiger partial charge in [-0.05, 0) is 37.6 Å². The molecule has 3 nitrogen and oxygen atoms in total. The van der Waals surface area contributed by atoms with Crippen molar-refractivity contribution in [3.05, 3.63) is 53.2 Å². The van der Waals surface area contributed by atoms with Gasteiger partial charge < -0.3 is 14.5 Å². The van der Waals surface area contributed by atoms with Crippen LogP contribution in [0.1, 0.15) is 30.2 Å². The first-order valence-electron chi connectivity index (χ1n) is 6.85. The molecule has 0 unspecified atom stereocenters. The number of rotatable bonds is 7. The molecule has 0 saturated heterocycles. The molecule has 0 saturated carbocycles. The Morgan fingerprint density at radius 2 is 2.15 bits per heavy atom. The number of halogens is 1. The van der Waals surface area contributed by atoms with Crippen LogP contribution in [-0.2, 0) is 13.2 Å². The monoisotopic (exact) mass is 277 g/mol. The summed E-state index contributed by atoms with van der Waals surface area (Å²) in [5, 5.41) is 3.32. The topological polar surface area (TPSA) is 34.4 Å². The Hall–Kier alpha value is -1.81. The molecule has 0 atom stereocenters. The van der Waals surface area contributed by atoms with Crippen molar-refractivity contribution < 1.29 is 13.5 Å². The van der Waals surface area contributed by atoms with Crippen molar-refractivity contribution in [1.29, 1.82) is 0 Å². The van der Waals surface area contributed by atoms with Crippen LogP contribution in [0, 0.1) is 12.7 Å². The molecular formula is C16H20FNO2. The zero-order chi connectivity index (χ0) is 14.4. The maximum absolute atomic E-state index is 13.2. The van der Waals surface area contributed by atoms with Crippen molar-refractivity contribution in [2.24, 2.45) is 0 Å². The Labute approximate surface area is 118 Å². The normalized spacial score (nSPS) is 10.8. The summed E-state index contributed by atoms with van der Waals surface area (Å²) < 4.78 is 24.3. The van der Waals surface area contributed by atoms with Gasteiger partial charge in [-0.1, -0.05) is 13.0 Å². The molecule has 0 aliphatic carbocycles. The Kier molecular flexibility index (Phi) is 5.18. The second kappa shape index (κ2) is 7.10. The number of hydrogen-bond acceptors (Lipinski definition) is 3. The van der Waals surface area contributed by atoms with Crippen molar-refractivity contribution in [2.75, 3.05) is 6.54 Å². The van der Waals surface area contributed by atoms with Gasteiger partial charge in [0.05, 0.1) is 6.26 Å². The van der Waals surface area contributed by atoms with Crippen molar-refractivity contribution >= 4 is 0 Å². The summed E-state index contributed by atoms with van der Waals surface area (Å²) in [4.78, 5) is 0. The molecule has 0 aliphatic heterocycles. The van der Waals surface area contributed by atoms with Crippen LogP contribution in [0.15, 0.2) is 34.9 Å². The fourth-order valence-electron chi connectivity index (χ4n) is 1.92. The molecule has 4 heteroatoms. The highest BCUT2D eigenvalue weighted by Crippen LogP contribution is 2.21. The van der Waals surface area contributed by atoms with E-state index in [1.54, 1.807) is 12.3 Å². The fourth-order valence-corrected chi connectivity index (χ4v) is 1.92. The van der Waals surface area contributed by atoms with Gasteiger partial charge in [0.1, 0.15) is 23.9 Å². The molecule has 0 spiro atoms. The molecule has 108 valence electrons. The average Bonchev–Trinajstić information content (AvgIpc) is 2.88. The fraction of sp³-hybridized carbons (Fsp3) is 0.375. The van der Waals surface area contributed by atoms with Crippen LogP contribution >= 0.6 is 0 Å². The molecule has 1 heterocycles. The minimum Gasteiger partial charge on any atom is -0.485 e. The van der Waals surface area contributed by atoms with Crippen LogP contribution in [0.5, 0.6) is 5.75 Å². The molecule has 2 aromatic rings. The van der Waals surface area contributed by atoms with E-state index in [0.717, 1.165) is 36.4 Å². The standard InChI is InChI=1S/C16H20FNO2/c1-3-7-18-10-13-6-8-19-16(13)11-20-15-9-14(17)5-4-12(15)2/h4-6,8-9,18H,3,7,10-11H2,1-2H3. The lowest BCUT2D eigenvalue weighted by molar-refractivity contribution is 0.265. The first-order valence-corrected chi connectivity index (χ1v) is 6.85. The van der Waals surface area contributed by atoms with E-state index in [1.807, 2.05) is 13.0 Å². The molecule has 1 aromatic heterocycles. The Bertz CT molecular complexity index is 551. The van der Waals surface area contributed by atoms with Crippen LogP contribution in [-0.4, -0.2) is 6.54 Å². The first kappa shape index (κ1) is 14.6. The van der Waals surface area contributed by atoms with Gasteiger partial charge in [0.2, 0.25) is 0 Å². The zero-order valence-corrected chi connectivity index (χ0v) is 11.9. The SMILES string of the molecule is CCCNCc1ccoc1COc1cc(F)ccc1C. The molecule has 1 N–H and O–H groups in total. The summed E-state index contributed by atoms with van der Waals surface area (Å²) in [6, 6.07) is 6.46. The van der Waals surface area contributed by atoms with E-state index >= 15 is 0 Å². The Morgan fingerprint density at radius 1 is 1.30 bits per heavy atom. The third-order valence-corrected chi connectivity index (χ3v) is 3.09. The molecule has 0 aliphatic rings. The molecule has 0 bridgehead atoms. The predicted octanol–water partition coefficient (Wildman–Crippen LogP) is 3.81. The Morgan fingerprint density at radius 3 is 2.95 bits per heavy atom. The van der Waals surface area contributed by atoms with E-state index in [-0.39, 0.29) is 5.82 Å². The van der Waals surface area contributed by atoms with Gasteiger partial charge in [-0.25, -0.2) is 4.39 Å². The third-order valence-electron chi connectivity index (χ3n) is 3.09. The largest absolute Gasteiger partial charge is 0.485 e. The number of furan rings is 1. The van der Waals surface area contributed by atoms with E-state index in [2.05, 4.69) is 12.2 Å². The van der Waals surface area contributed by atoms with E-state index < -0.39 is 0 Å². The van der Waals surface area contributed by atoms with Crippen molar-refractivity contribution in [3.63, 3.8) is 0 Å². The molecule has 0 fully saturated rings. The zero-order valence-electron chi connectivity index (χ0n) is 11.9. The highest BCUT2D eigenvalue weighted by Gasteiger charge is 2.08. The first-order chi connectivity index (χ1) is 9.70. The third kappa shape index (κ3) is 3.84. The second-order valence-electron chi connectivity index (χ2n) is 4.74. The Balaban J connectivity index is 1.97. The van der Waals surface area contributed by atoms with E-state index in [4.69, 9.17) is 9.15 Å². The van der Waals surface area contributed by atoms with Crippen molar-refractivity contribution in [1.82, 2.24) is 5.32 Å². The summed E-state index contributed by atoms with van der Waals surface area (Å²) in [6.45, 7) is 6.04. The minimum atomic E-state index is -0.296. The van der Waals surface area contributed by atoms with Crippen LogP contribution in [0.25, 0.3) is 0 Å². The van der Waals surface area contributed by atoms with Crippen molar-refractivity contribution in [3.8, 4) is 5.75 Å². The summed E-state index contributed by atoms with van der Waals surface area (Å²) in [5.41, 5.74) is 1.98. The van der Waals surface area contributed by atoms with Gasteiger partial charge in [0.15, 0.2) is 0 Å². The van der Waals surface area contributed by atoms with Crippen LogP contribution in [0.2, 0.25) is 0 Å². The van der Waals surface area contributed by atoms with Crippen LogP contribution in [0.4, 0.5) is 4.39 Å². The summed E-state index contributed by atoms with van der Waals surface area (Å²) >= 11 is 0. The van der Waals surface area contributed by atoms with Crippen LogP contribution in [0.3, 0.4) is 0 Å². The molecule has 0 amide bonds. The lowest BCUT2D eigenvalue weighted by Gasteiger charge is -2.09. The number of nitrogens with one attached hydrogen (secondary N) is 1. The maximum Gasteiger partial charge on any atom is 0.146 e. The number of ether oxygens (including phenoxy) is 1. The number of benzene rings is 1. The van der Waals surface area contributed by atoms with Crippen molar-refractivity contribution in [2.45, 2.75) is 33.4 Å². The van der Waals surface area contributed by atoms with Gasteiger partial charge in [-0.15, -0.1) is 0 Å². The lowest BCUT2D eigenvalue weighted by atomic mass is 10.2. The molecule has 2 rings (SSSR count). The highest BCUT2D eigenvalue weighted by molar-refractivity contribution is 5.33. The van der Waals surface area contributed by atoms with Gasteiger partial charge in [-0.2, -0.15) is 0 Å². The molecular weight excluding hydrogens is 257 g/mol.